The summed E-state index contributed by atoms with van der Waals surface area (Å²) in [5, 5.41) is 6.51. The predicted molar refractivity (Wildman–Crippen MR) is 113 cm³/mol. The Bertz CT molecular complexity index is 1300. The molecule has 1 atom stereocenters. The molecule has 31 heavy (non-hydrogen) atoms. The Hall–Kier alpha value is -1.99. The van der Waals surface area contributed by atoms with Gasteiger partial charge in [0.2, 0.25) is 0 Å². The molecule has 2 aromatic heterocycles. The standard InChI is InChI=1S/C18H16BrF3N4O3S2/c1-8(26-14(9-3-4-9)13(19)15(25-26)18(20,21)22)16(27)24-17-23-11-6-5-10(31(2,28)29)7-12(11)30-17/h5-9H,3-4H2,1-2H3,(H,23,24,27)/t8-/m0/s1. The smallest absolute Gasteiger partial charge is 0.300 e. The first-order valence-electron chi connectivity index (χ1n) is 9.13. The molecule has 13 heteroatoms. The molecule has 0 bridgehead atoms. The summed E-state index contributed by atoms with van der Waals surface area (Å²) >= 11 is 4.09. The monoisotopic (exact) mass is 536 g/mol. The van der Waals surface area contributed by atoms with E-state index in [-0.39, 0.29) is 20.4 Å². The third kappa shape index (κ3) is 4.35. The first-order chi connectivity index (χ1) is 14.4. The summed E-state index contributed by atoms with van der Waals surface area (Å²) in [6, 6.07) is 3.41. The Labute approximate surface area is 187 Å². The van der Waals surface area contributed by atoms with Gasteiger partial charge in [-0.25, -0.2) is 13.4 Å². The first-order valence-corrected chi connectivity index (χ1v) is 12.6. The van der Waals surface area contributed by atoms with Gasteiger partial charge < -0.3 is 5.32 Å². The number of rotatable bonds is 5. The number of benzene rings is 1. The van der Waals surface area contributed by atoms with Crippen molar-refractivity contribution in [1.82, 2.24) is 14.8 Å². The van der Waals surface area contributed by atoms with Crippen molar-refractivity contribution in [3.8, 4) is 0 Å². The van der Waals surface area contributed by atoms with Crippen LogP contribution in [-0.4, -0.2) is 35.3 Å². The number of anilines is 1. The minimum Gasteiger partial charge on any atom is -0.300 e. The molecule has 1 N–H and O–H groups in total. The van der Waals surface area contributed by atoms with Gasteiger partial charge in [0.15, 0.2) is 20.7 Å². The molecule has 1 aliphatic rings. The zero-order valence-corrected chi connectivity index (χ0v) is 19.4. The van der Waals surface area contributed by atoms with E-state index < -0.39 is 33.7 Å². The summed E-state index contributed by atoms with van der Waals surface area (Å²) in [4.78, 5) is 17.2. The van der Waals surface area contributed by atoms with E-state index in [0.29, 0.717) is 15.9 Å². The van der Waals surface area contributed by atoms with E-state index in [1.807, 2.05) is 0 Å². The molecule has 1 aromatic carbocycles. The zero-order valence-electron chi connectivity index (χ0n) is 16.2. The van der Waals surface area contributed by atoms with Crippen molar-refractivity contribution < 1.29 is 26.4 Å². The van der Waals surface area contributed by atoms with Crippen molar-refractivity contribution in [3.05, 3.63) is 34.1 Å². The second-order valence-corrected chi connectivity index (χ2v) is 11.2. The molecule has 0 radical (unpaired) electrons. The van der Waals surface area contributed by atoms with Gasteiger partial charge in [-0.1, -0.05) is 11.3 Å². The molecule has 3 aromatic rings. The van der Waals surface area contributed by atoms with E-state index in [0.717, 1.165) is 35.1 Å². The minimum atomic E-state index is -4.64. The number of nitrogens with one attached hydrogen (secondary N) is 1. The molecule has 1 aliphatic carbocycles. The van der Waals surface area contributed by atoms with E-state index in [1.165, 1.54) is 25.1 Å². The number of alkyl halides is 3. The third-order valence-electron chi connectivity index (χ3n) is 4.88. The molecule has 1 fully saturated rings. The van der Waals surface area contributed by atoms with E-state index in [2.05, 4.69) is 31.3 Å². The highest BCUT2D eigenvalue weighted by Crippen LogP contribution is 2.47. The molecule has 1 amide bonds. The van der Waals surface area contributed by atoms with Crippen LogP contribution in [0, 0.1) is 0 Å². The Morgan fingerprint density at radius 1 is 1.35 bits per heavy atom. The molecular weight excluding hydrogens is 521 g/mol. The number of halogens is 4. The van der Waals surface area contributed by atoms with Crippen molar-refractivity contribution in [2.24, 2.45) is 0 Å². The van der Waals surface area contributed by atoms with Crippen molar-refractivity contribution in [1.29, 1.82) is 0 Å². The normalized spacial score (nSPS) is 15.9. The number of hydrogen-bond acceptors (Lipinski definition) is 6. The van der Waals surface area contributed by atoms with Crippen LogP contribution in [-0.2, 0) is 20.8 Å². The summed E-state index contributed by atoms with van der Waals surface area (Å²) in [5.74, 6) is -0.655. The summed E-state index contributed by atoms with van der Waals surface area (Å²) in [5.41, 5.74) is -0.195. The lowest BCUT2D eigenvalue weighted by molar-refractivity contribution is -0.142. The molecule has 7 nitrogen and oxygen atoms in total. The second-order valence-electron chi connectivity index (χ2n) is 7.35. The molecule has 1 saturated carbocycles. The van der Waals surface area contributed by atoms with E-state index in [1.54, 1.807) is 0 Å². The van der Waals surface area contributed by atoms with Gasteiger partial charge in [0.05, 0.1) is 25.3 Å². The van der Waals surface area contributed by atoms with Crippen LogP contribution in [0.2, 0.25) is 0 Å². The quantitative estimate of drug-likeness (QED) is 0.507. The highest BCUT2D eigenvalue weighted by molar-refractivity contribution is 9.10. The fourth-order valence-corrected chi connectivity index (χ4v) is 5.58. The van der Waals surface area contributed by atoms with Gasteiger partial charge >= 0.3 is 6.18 Å². The van der Waals surface area contributed by atoms with Gasteiger partial charge in [-0.2, -0.15) is 18.3 Å². The number of hydrogen-bond donors (Lipinski definition) is 1. The van der Waals surface area contributed by atoms with Crippen LogP contribution >= 0.6 is 27.3 Å². The van der Waals surface area contributed by atoms with Crippen LogP contribution in [0.25, 0.3) is 10.2 Å². The van der Waals surface area contributed by atoms with Gasteiger partial charge in [-0.3, -0.25) is 9.48 Å². The number of amides is 1. The Kier molecular flexibility index (Phi) is 5.41. The average molecular weight is 537 g/mol. The summed E-state index contributed by atoms with van der Waals surface area (Å²) < 4.78 is 64.9. The lowest BCUT2D eigenvalue weighted by atomic mass is 10.2. The lowest BCUT2D eigenvalue weighted by Gasteiger charge is -2.14. The molecule has 166 valence electrons. The maximum Gasteiger partial charge on any atom is 0.436 e. The van der Waals surface area contributed by atoms with Gasteiger partial charge in [-0.05, 0) is 53.9 Å². The molecule has 0 aliphatic heterocycles. The third-order valence-corrected chi connectivity index (χ3v) is 7.71. The first kappa shape index (κ1) is 22.2. The van der Waals surface area contributed by atoms with Crippen LogP contribution in [0.1, 0.15) is 43.1 Å². The Morgan fingerprint density at radius 2 is 2.03 bits per heavy atom. The Morgan fingerprint density at radius 3 is 2.61 bits per heavy atom. The molecule has 2 heterocycles. The van der Waals surface area contributed by atoms with Crippen LogP contribution in [0.5, 0.6) is 0 Å². The van der Waals surface area contributed by atoms with E-state index in [9.17, 15) is 26.4 Å². The number of sulfone groups is 1. The highest BCUT2D eigenvalue weighted by Gasteiger charge is 2.43. The number of nitrogens with zero attached hydrogens (tertiary/aromatic N) is 3. The van der Waals surface area contributed by atoms with E-state index in [4.69, 9.17) is 0 Å². The molecular formula is C18H16BrF3N4O3S2. The predicted octanol–water partition coefficient (Wildman–Crippen LogP) is 4.75. The average Bonchev–Trinajstić information content (AvgIpc) is 3.30. The highest BCUT2D eigenvalue weighted by atomic mass is 79.9. The maximum absolute atomic E-state index is 13.3. The molecule has 0 saturated heterocycles. The number of thiazole rings is 1. The number of aromatic nitrogens is 3. The van der Waals surface area contributed by atoms with Crippen LogP contribution in [0.15, 0.2) is 27.6 Å². The van der Waals surface area contributed by atoms with Crippen LogP contribution in [0.3, 0.4) is 0 Å². The van der Waals surface area contributed by atoms with Crippen LogP contribution < -0.4 is 5.32 Å². The van der Waals surface area contributed by atoms with Gasteiger partial charge in [-0.15, -0.1) is 0 Å². The van der Waals surface area contributed by atoms with Gasteiger partial charge in [0, 0.05) is 12.2 Å². The molecule has 4 rings (SSSR count). The van der Waals surface area contributed by atoms with Gasteiger partial charge in [0.25, 0.3) is 5.91 Å². The van der Waals surface area contributed by atoms with Crippen LogP contribution in [0.4, 0.5) is 18.3 Å². The van der Waals surface area contributed by atoms with E-state index >= 15 is 0 Å². The number of fused-ring (bicyclic) bond motifs is 1. The molecule has 0 unspecified atom stereocenters. The Balaban J connectivity index is 1.62. The summed E-state index contributed by atoms with van der Waals surface area (Å²) in [7, 11) is -3.39. The summed E-state index contributed by atoms with van der Waals surface area (Å²) in [6.45, 7) is 1.47. The van der Waals surface area contributed by atoms with Crippen molar-refractivity contribution in [3.63, 3.8) is 0 Å². The zero-order chi connectivity index (χ0) is 22.7. The number of carbonyl (C=O) groups excluding carboxylic acids is 1. The largest absolute Gasteiger partial charge is 0.436 e. The fourth-order valence-electron chi connectivity index (χ4n) is 3.14. The fraction of sp³-hybridized carbons (Fsp3) is 0.389. The van der Waals surface area contributed by atoms with Crippen molar-refractivity contribution >= 4 is 58.4 Å². The number of carbonyl (C=O) groups is 1. The minimum absolute atomic E-state index is 0.0786. The lowest BCUT2D eigenvalue weighted by Crippen LogP contribution is -2.26. The maximum atomic E-state index is 13.3. The van der Waals surface area contributed by atoms with Gasteiger partial charge in [0.1, 0.15) is 6.04 Å². The second kappa shape index (κ2) is 7.55. The van der Waals surface area contributed by atoms with Crippen molar-refractivity contribution in [2.75, 3.05) is 11.6 Å². The SMILES string of the molecule is C[C@@H](C(=O)Nc1nc2ccc(S(C)(=O)=O)cc2s1)n1nc(C(F)(F)F)c(Br)c1C1CC1. The summed E-state index contributed by atoms with van der Waals surface area (Å²) in [6.07, 6.45) is -2.09. The topological polar surface area (TPSA) is 94.0 Å². The van der Waals surface area contributed by atoms with Crippen molar-refractivity contribution in [2.45, 2.75) is 42.8 Å². The molecule has 0 spiro atoms.